The van der Waals surface area contributed by atoms with E-state index in [1.165, 1.54) is 29.5 Å². The summed E-state index contributed by atoms with van der Waals surface area (Å²) in [6, 6.07) is 14.2. The highest BCUT2D eigenvalue weighted by Gasteiger charge is 2.20. The fourth-order valence-corrected chi connectivity index (χ4v) is 4.65. The molecule has 0 saturated carbocycles. The smallest absolute Gasteiger partial charge is 0.284 e. The number of carbonyl (C=O) groups is 1. The van der Waals surface area contributed by atoms with Crippen molar-refractivity contribution in [2.24, 2.45) is 4.40 Å². The van der Waals surface area contributed by atoms with Gasteiger partial charge in [0.1, 0.15) is 5.84 Å². The van der Waals surface area contributed by atoms with E-state index in [2.05, 4.69) is 9.71 Å². The highest BCUT2D eigenvalue weighted by Crippen LogP contribution is 2.22. The van der Waals surface area contributed by atoms with E-state index >= 15 is 0 Å². The number of hydrogen-bond acceptors (Lipinski definition) is 4. The summed E-state index contributed by atoms with van der Waals surface area (Å²) in [5, 5.41) is 2.76. The molecule has 1 heterocycles. The molecule has 1 saturated heterocycles. The summed E-state index contributed by atoms with van der Waals surface area (Å²) in [6.45, 7) is 2.82. The average molecular weight is 418 g/mol. The number of benzene rings is 2. The lowest BCUT2D eigenvalue weighted by Crippen LogP contribution is -2.20. The van der Waals surface area contributed by atoms with E-state index < -0.39 is 10.0 Å². The molecule has 0 radical (unpaired) electrons. The first-order valence-electron chi connectivity index (χ1n) is 8.98. The average Bonchev–Trinajstić information content (AvgIpc) is 3.05. The van der Waals surface area contributed by atoms with E-state index in [4.69, 9.17) is 0 Å². The van der Waals surface area contributed by atoms with Crippen LogP contribution in [-0.2, 0) is 14.8 Å². The maximum absolute atomic E-state index is 12.6. The van der Waals surface area contributed by atoms with E-state index in [1.807, 2.05) is 43.1 Å². The Labute approximate surface area is 170 Å². The molecule has 148 valence electrons. The Hall–Kier alpha value is -2.32. The van der Waals surface area contributed by atoms with E-state index in [9.17, 15) is 13.2 Å². The van der Waals surface area contributed by atoms with Gasteiger partial charge in [-0.3, -0.25) is 4.79 Å². The lowest BCUT2D eigenvalue weighted by molar-refractivity contribution is -0.113. The van der Waals surface area contributed by atoms with Gasteiger partial charge in [-0.25, -0.2) is 0 Å². The van der Waals surface area contributed by atoms with Gasteiger partial charge in [-0.05, 0) is 43.7 Å². The van der Waals surface area contributed by atoms with E-state index in [0.29, 0.717) is 17.9 Å². The second-order valence-electron chi connectivity index (χ2n) is 6.69. The molecule has 0 bridgehead atoms. The first-order valence-corrected chi connectivity index (χ1v) is 11.4. The molecule has 1 N–H and O–H groups in total. The van der Waals surface area contributed by atoms with Gasteiger partial charge in [0.15, 0.2) is 0 Å². The molecular weight excluding hydrogens is 394 g/mol. The van der Waals surface area contributed by atoms with Gasteiger partial charge in [-0.1, -0.05) is 23.8 Å². The third kappa shape index (κ3) is 5.36. The fraction of sp³-hybridized carbons (Fsp3) is 0.300. The number of amides is 1. The summed E-state index contributed by atoms with van der Waals surface area (Å²) in [7, 11) is -1.97. The minimum absolute atomic E-state index is 0.0734. The largest absolute Gasteiger partial charge is 0.362 e. The third-order valence-corrected chi connectivity index (χ3v) is 6.68. The van der Waals surface area contributed by atoms with Crippen LogP contribution in [0.1, 0.15) is 18.4 Å². The molecule has 0 unspecified atom stereocenters. The number of likely N-dealkylation sites (tertiary alicyclic amines) is 1. The van der Waals surface area contributed by atoms with Crippen LogP contribution in [-0.4, -0.2) is 44.4 Å². The van der Waals surface area contributed by atoms with Gasteiger partial charge in [0.2, 0.25) is 5.91 Å². The highest BCUT2D eigenvalue weighted by atomic mass is 32.2. The molecule has 2 aromatic rings. The van der Waals surface area contributed by atoms with Crippen molar-refractivity contribution in [2.45, 2.75) is 29.6 Å². The predicted molar refractivity (Wildman–Crippen MR) is 113 cm³/mol. The first-order chi connectivity index (χ1) is 13.3. The number of aryl methyl sites for hydroxylation is 1. The van der Waals surface area contributed by atoms with Crippen LogP contribution in [0.2, 0.25) is 0 Å². The summed E-state index contributed by atoms with van der Waals surface area (Å²) >= 11 is 1.43. The summed E-state index contributed by atoms with van der Waals surface area (Å²) in [6.07, 6.45) is 1.56. The lowest BCUT2D eigenvalue weighted by Gasteiger charge is -2.11. The van der Waals surface area contributed by atoms with Gasteiger partial charge in [0.25, 0.3) is 10.0 Å². The van der Waals surface area contributed by atoms with Crippen molar-refractivity contribution < 1.29 is 13.2 Å². The second kappa shape index (κ2) is 8.79. The monoisotopic (exact) mass is 417 g/mol. The van der Waals surface area contributed by atoms with Crippen LogP contribution in [0.4, 0.5) is 5.69 Å². The lowest BCUT2D eigenvalue weighted by atomic mass is 10.2. The normalized spacial score (nSPS) is 15.8. The van der Waals surface area contributed by atoms with Crippen LogP contribution in [0.5, 0.6) is 0 Å². The zero-order chi connectivity index (χ0) is 20.1. The SMILES string of the molecule is Cc1ccc(SCC(=O)Nc2cccc(S(=O)(=O)/N=C3\CCCN3C)c2)cc1. The minimum atomic E-state index is -3.80. The van der Waals surface area contributed by atoms with Crippen molar-refractivity contribution in [1.29, 1.82) is 0 Å². The Morgan fingerprint density at radius 2 is 1.96 bits per heavy atom. The van der Waals surface area contributed by atoms with Crippen LogP contribution in [0, 0.1) is 6.92 Å². The number of nitrogens with zero attached hydrogens (tertiary/aromatic N) is 2. The maximum atomic E-state index is 12.6. The Kier molecular flexibility index (Phi) is 6.41. The van der Waals surface area contributed by atoms with Crippen LogP contribution in [0.3, 0.4) is 0 Å². The van der Waals surface area contributed by atoms with Crippen LogP contribution < -0.4 is 5.32 Å². The molecule has 0 spiro atoms. The molecular formula is C20H23N3O3S2. The van der Waals surface area contributed by atoms with Crippen molar-refractivity contribution in [3.8, 4) is 0 Å². The Morgan fingerprint density at radius 1 is 1.21 bits per heavy atom. The number of carbonyl (C=O) groups excluding carboxylic acids is 1. The zero-order valence-electron chi connectivity index (χ0n) is 15.9. The molecule has 1 amide bonds. The molecule has 28 heavy (non-hydrogen) atoms. The number of hydrogen-bond donors (Lipinski definition) is 1. The fourth-order valence-electron chi connectivity index (χ4n) is 2.82. The van der Waals surface area contributed by atoms with Crippen LogP contribution in [0.25, 0.3) is 0 Å². The second-order valence-corrected chi connectivity index (χ2v) is 9.34. The van der Waals surface area contributed by atoms with Crippen molar-refractivity contribution in [3.05, 3.63) is 54.1 Å². The number of sulfonamides is 1. The standard InChI is InChI=1S/C20H23N3O3S2/c1-15-8-10-17(11-9-15)27-14-20(24)21-16-5-3-6-18(13-16)28(25,26)22-19-7-4-12-23(19)2/h3,5-6,8-11,13H,4,7,12,14H2,1-2H3,(H,21,24)/b22-19+. The zero-order valence-corrected chi connectivity index (χ0v) is 17.5. The van der Waals surface area contributed by atoms with Gasteiger partial charge in [0, 0.05) is 30.6 Å². The molecule has 1 aliphatic heterocycles. The first kappa shape index (κ1) is 20.4. The Morgan fingerprint density at radius 3 is 2.64 bits per heavy atom. The molecule has 1 aliphatic rings. The van der Waals surface area contributed by atoms with E-state index in [0.717, 1.165) is 17.9 Å². The maximum Gasteiger partial charge on any atom is 0.284 e. The summed E-state index contributed by atoms with van der Waals surface area (Å²) in [5.74, 6) is 0.624. The number of amidine groups is 1. The van der Waals surface area contributed by atoms with Gasteiger partial charge >= 0.3 is 0 Å². The van der Waals surface area contributed by atoms with Crippen molar-refractivity contribution in [3.63, 3.8) is 0 Å². The molecule has 0 aromatic heterocycles. The predicted octanol–water partition coefficient (Wildman–Crippen LogP) is 3.54. The van der Waals surface area contributed by atoms with Crippen molar-refractivity contribution in [1.82, 2.24) is 4.90 Å². The topological polar surface area (TPSA) is 78.8 Å². The van der Waals surface area contributed by atoms with Crippen molar-refractivity contribution >= 4 is 39.2 Å². The number of thioether (sulfide) groups is 1. The summed E-state index contributed by atoms with van der Waals surface area (Å²) < 4.78 is 29.1. The van der Waals surface area contributed by atoms with Crippen LogP contribution >= 0.6 is 11.8 Å². The Bertz CT molecular complexity index is 986. The number of anilines is 1. The molecule has 3 rings (SSSR count). The van der Waals surface area contributed by atoms with Gasteiger partial charge in [0.05, 0.1) is 10.6 Å². The molecule has 8 heteroatoms. The molecule has 0 aliphatic carbocycles. The molecule has 1 fully saturated rings. The molecule has 0 atom stereocenters. The minimum Gasteiger partial charge on any atom is -0.362 e. The quantitative estimate of drug-likeness (QED) is 0.728. The van der Waals surface area contributed by atoms with Gasteiger partial charge in [-0.2, -0.15) is 8.42 Å². The van der Waals surface area contributed by atoms with Gasteiger partial charge in [-0.15, -0.1) is 16.2 Å². The number of rotatable bonds is 6. The highest BCUT2D eigenvalue weighted by molar-refractivity contribution is 8.00. The third-order valence-electron chi connectivity index (χ3n) is 4.37. The number of nitrogens with one attached hydrogen (secondary N) is 1. The molecule has 2 aromatic carbocycles. The molecule has 6 nitrogen and oxygen atoms in total. The van der Waals surface area contributed by atoms with E-state index in [1.54, 1.807) is 12.1 Å². The summed E-state index contributed by atoms with van der Waals surface area (Å²) in [4.78, 5) is 15.2. The Balaban J connectivity index is 1.65. The summed E-state index contributed by atoms with van der Waals surface area (Å²) in [5.41, 5.74) is 1.61. The van der Waals surface area contributed by atoms with Gasteiger partial charge < -0.3 is 10.2 Å². The van der Waals surface area contributed by atoms with E-state index in [-0.39, 0.29) is 16.6 Å². The van der Waals surface area contributed by atoms with Crippen molar-refractivity contribution in [2.75, 3.05) is 24.7 Å². The van der Waals surface area contributed by atoms with Crippen LogP contribution in [0.15, 0.2) is 62.7 Å².